The summed E-state index contributed by atoms with van der Waals surface area (Å²) < 4.78 is 4.97. The van der Waals surface area contributed by atoms with Gasteiger partial charge in [0.1, 0.15) is 6.54 Å². The number of amides is 1. The molecule has 2 N–H and O–H groups in total. The molecule has 0 spiro atoms. The van der Waals surface area contributed by atoms with E-state index in [0.29, 0.717) is 13.0 Å². The second-order valence-electron chi connectivity index (χ2n) is 6.66. The maximum atomic E-state index is 12.5. The third-order valence-corrected chi connectivity index (χ3v) is 4.97. The van der Waals surface area contributed by atoms with Gasteiger partial charge >= 0.3 is 5.97 Å². The number of carbonyl (C=O) groups is 2. The molecule has 1 aliphatic heterocycles. The predicted molar refractivity (Wildman–Crippen MR) is 99.9 cm³/mol. The molecule has 0 aliphatic carbocycles. The standard InChI is InChI=1S/C21H24N2O3/c1-3-15-8-10-18(11-9-15)22-20(24)14-23-13-17-7-5-4-6-16(17)12-19(23)21(25)26-2/h4-11,19H,3,12-14H2,1-2H3,(H,22,24)/p+1/t19-/m1/s1. The van der Waals surface area contributed by atoms with Gasteiger partial charge < -0.3 is 15.0 Å². The van der Waals surface area contributed by atoms with E-state index in [4.69, 9.17) is 4.74 Å². The van der Waals surface area contributed by atoms with E-state index in [1.807, 2.05) is 42.5 Å². The van der Waals surface area contributed by atoms with E-state index in [9.17, 15) is 9.59 Å². The lowest BCUT2D eigenvalue weighted by molar-refractivity contribution is -0.924. The minimum Gasteiger partial charge on any atom is -0.465 e. The zero-order valence-corrected chi connectivity index (χ0v) is 15.2. The van der Waals surface area contributed by atoms with Gasteiger partial charge in [-0.25, -0.2) is 4.79 Å². The number of anilines is 1. The number of benzene rings is 2. The Morgan fingerprint density at radius 2 is 1.81 bits per heavy atom. The average molecular weight is 353 g/mol. The van der Waals surface area contributed by atoms with Crippen molar-refractivity contribution in [2.24, 2.45) is 0 Å². The van der Waals surface area contributed by atoms with Crippen LogP contribution in [0.15, 0.2) is 48.5 Å². The molecule has 1 unspecified atom stereocenters. The summed E-state index contributed by atoms with van der Waals surface area (Å²) in [6.45, 7) is 2.96. The molecule has 1 heterocycles. The van der Waals surface area contributed by atoms with Crippen molar-refractivity contribution in [3.8, 4) is 0 Å². The van der Waals surface area contributed by atoms with Gasteiger partial charge in [-0.2, -0.15) is 0 Å². The van der Waals surface area contributed by atoms with Gasteiger partial charge in [0.2, 0.25) is 0 Å². The van der Waals surface area contributed by atoms with Crippen LogP contribution in [-0.2, 0) is 33.7 Å². The number of nitrogens with one attached hydrogen (secondary N) is 2. The lowest BCUT2D eigenvalue weighted by Crippen LogP contribution is -3.17. The summed E-state index contributed by atoms with van der Waals surface area (Å²) in [7, 11) is 1.40. The number of esters is 1. The first-order valence-corrected chi connectivity index (χ1v) is 8.98. The van der Waals surface area contributed by atoms with Crippen LogP contribution in [0.3, 0.4) is 0 Å². The highest BCUT2D eigenvalue weighted by atomic mass is 16.5. The third kappa shape index (κ3) is 4.11. The molecule has 0 fully saturated rings. The van der Waals surface area contributed by atoms with Gasteiger partial charge in [-0.15, -0.1) is 0 Å². The molecule has 1 amide bonds. The van der Waals surface area contributed by atoms with Crippen molar-refractivity contribution in [1.29, 1.82) is 0 Å². The maximum absolute atomic E-state index is 12.5. The summed E-state index contributed by atoms with van der Waals surface area (Å²) in [5, 5.41) is 2.93. The number of hydrogen-bond donors (Lipinski definition) is 2. The van der Waals surface area contributed by atoms with Crippen LogP contribution in [0.5, 0.6) is 0 Å². The Bertz CT molecular complexity index is 786. The number of fused-ring (bicyclic) bond motifs is 1. The molecule has 2 aromatic rings. The topological polar surface area (TPSA) is 59.8 Å². The number of rotatable bonds is 5. The molecule has 0 saturated heterocycles. The first kappa shape index (κ1) is 18.1. The van der Waals surface area contributed by atoms with Crippen molar-refractivity contribution in [3.63, 3.8) is 0 Å². The molecule has 1 aliphatic rings. The predicted octanol–water partition coefficient (Wildman–Crippen LogP) is 1.37. The van der Waals surface area contributed by atoms with E-state index in [0.717, 1.165) is 22.6 Å². The summed E-state index contributed by atoms with van der Waals surface area (Å²) in [4.78, 5) is 25.7. The molecule has 0 bridgehead atoms. The van der Waals surface area contributed by atoms with Crippen LogP contribution in [0.4, 0.5) is 5.69 Å². The fourth-order valence-electron chi connectivity index (χ4n) is 3.47. The molecule has 5 heteroatoms. The second-order valence-corrected chi connectivity index (χ2v) is 6.66. The van der Waals surface area contributed by atoms with Crippen LogP contribution >= 0.6 is 0 Å². The molecular weight excluding hydrogens is 328 g/mol. The van der Waals surface area contributed by atoms with Crippen LogP contribution in [-0.4, -0.2) is 31.6 Å². The minimum atomic E-state index is -0.358. The summed E-state index contributed by atoms with van der Waals surface area (Å²) >= 11 is 0. The Morgan fingerprint density at radius 3 is 2.46 bits per heavy atom. The van der Waals surface area contributed by atoms with E-state index < -0.39 is 0 Å². The van der Waals surface area contributed by atoms with E-state index in [2.05, 4.69) is 18.3 Å². The minimum absolute atomic E-state index is 0.0995. The normalized spacial score (nSPS) is 18.7. The highest BCUT2D eigenvalue weighted by molar-refractivity contribution is 5.91. The lowest BCUT2D eigenvalue weighted by Gasteiger charge is -2.31. The van der Waals surface area contributed by atoms with Crippen molar-refractivity contribution in [3.05, 3.63) is 65.2 Å². The second kappa shape index (κ2) is 8.15. The maximum Gasteiger partial charge on any atom is 0.365 e. The van der Waals surface area contributed by atoms with Crippen molar-refractivity contribution < 1.29 is 19.2 Å². The van der Waals surface area contributed by atoms with Crippen molar-refractivity contribution >= 4 is 17.6 Å². The first-order valence-electron chi connectivity index (χ1n) is 8.98. The van der Waals surface area contributed by atoms with E-state index in [1.165, 1.54) is 18.2 Å². The number of hydrogen-bond acceptors (Lipinski definition) is 3. The molecule has 0 saturated carbocycles. The average Bonchev–Trinajstić information content (AvgIpc) is 2.67. The van der Waals surface area contributed by atoms with Crippen LogP contribution in [0.2, 0.25) is 0 Å². The van der Waals surface area contributed by atoms with Crippen molar-refractivity contribution in [1.82, 2.24) is 0 Å². The monoisotopic (exact) mass is 353 g/mol. The van der Waals surface area contributed by atoms with Crippen LogP contribution < -0.4 is 10.2 Å². The van der Waals surface area contributed by atoms with Gasteiger partial charge in [0.25, 0.3) is 5.91 Å². The van der Waals surface area contributed by atoms with Gasteiger partial charge in [0.15, 0.2) is 12.6 Å². The highest BCUT2D eigenvalue weighted by Crippen LogP contribution is 2.14. The van der Waals surface area contributed by atoms with Crippen molar-refractivity contribution in [2.75, 3.05) is 19.0 Å². The van der Waals surface area contributed by atoms with Crippen LogP contribution in [0, 0.1) is 0 Å². The quantitative estimate of drug-likeness (QED) is 0.798. The fraction of sp³-hybridized carbons (Fsp3) is 0.333. The smallest absolute Gasteiger partial charge is 0.365 e. The molecular formula is C21H25N2O3+. The summed E-state index contributed by atoms with van der Waals surface area (Å²) in [6.07, 6.45) is 1.56. The molecule has 2 aromatic carbocycles. The number of quaternary nitrogens is 1. The Balaban J connectivity index is 1.71. The Hall–Kier alpha value is -2.66. The van der Waals surface area contributed by atoms with Gasteiger partial charge in [0.05, 0.1) is 7.11 Å². The van der Waals surface area contributed by atoms with E-state index in [1.54, 1.807) is 0 Å². The zero-order chi connectivity index (χ0) is 18.5. The Labute approximate surface area is 154 Å². The highest BCUT2D eigenvalue weighted by Gasteiger charge is 2.37. The zero-order valence-electron chi connectivity index (χ0n) is 15.2. The summed E-state index contributed by atoms with van der Waals surface area (Å²) in [5.41, 5.74) is 4.34. The molecule has 5 nitrogen and oxygen atoms in total. The van der Waals surface area contributed by atoms with Crippen molar-refractivity contribution in [2.45, 2.75) is 32.4 Å². The molecule has 136 valence electrons. The lowest BCUT2D eigenvalue weighted by atomic mass is 9.94. The largest absolute Gasteiger partial charge is 0.465 e. The van der Waals surface area contributed by atoms with Gasteiger partial charge in [-0.3, -0.25) is 4.79 Å². The summed E-state index contributed by atoms with van der Waals surface area (Å²) in [5.74, 6) is -0.368. The number of carbonyl (C=O) groups excluding carboxylic acids is 2. The SMILES string of the molecule is CCc1ccc(NC(=O)C[NH+]2Cc3ccccc3C[C@@H]2C(=O)OC)cc1. The fourth-order valence-corrected chi connectivity index (χ4v) is 3.47. The molecule has 0 radical (unpaired) electrons. The van der Waals surface area contributed by atoms with Gasteiger partial charge in [-0.1, -0.05) is 43.3 Å². The van der Waals surface area contributed by atoms with Crippen LogP contribution in [0.1, 0.15) is 23.6 Å². The van der Waals surface area contributed by atoms with E-state index in [-0.39, 0.29) is 24.5 Å². The molecule has 2 atom stereocenters. The van der Waals surface area contributed by atoms with Crippen LogP contribution in [0.25, 0.3) is 0 Å². The number of methoxy groups -OCH3 is 1. The Morgan fingerprint density at radius 1 is 1.12 bits per heavy atom. The molecule has 0 aromatic heterocycles. The first-order chi connectivity index (χ1) is 12.6. The van der Waals surface area contributed by atoms with Gasteiger partial charge in [0, 0.05) is 17.7 Å². The molecule has 26 heavy (non-hydrogen) atoms. The number of aryl methyl sites for hydroxylation is 1. The molecule has 3 rings (SSSR count). The van der Waals surface area contributed by atoms with Gasteiger partial charge in [-0.05, 0) is 29.7 Å². The third-order valence-electron chi connectivity index (χ3n) is 4.97. The summed E-state index contributed by atoms with van der Waals surface area (Å²) in [6, 6.07) is 15.6. The number of ether oxygens (including phenoxy) is 1. The van der Waals surface area contributed by atoms with E-state index >= 15 is 0 Å². The Kier molecular flexibility index (Phi) is 5.68.